The van der Waals surface area contributed by atoms with Crippen LogP contribution in [0.3, 0.4) is 0 Å². The molecule has 27 heavy (non-hydrogen) atoms. The summed E-state index contributed by atoms with van der Waals surface area (Å²) in [6.45, 7) is 2.10. The number of nitrogens with one attached hydrogen (secondary N) is 1. The lowest BCUT2D eigenvalue weighted by Gasteiger charge is -2.16. The molecule has 1 atom stereocenters. The number of carboxylic acids is 1. The number of rotatable bonds is 9. The molecule has 1 amide bonds. The van der Waals surface area contributed by atoms with Gasteiger partial charge in [-0.3, -0.25) is 4.79 Å². The summed E-state index contributed by atoms with van der Waals surface area (Å²) >= 11 is 6.03. The molecule has 0 aromatic heterocycles. The monoisotopic (exact) mass is 393 g/mol. The standard InChI is InChI=1S/C19H20ClNO6/c1-3-26-13-5-7-14(8-6-13)27-11-17(22)21-18(19(23)24)12-4-9-16(25-2)15(20)10-12/h4-10,18H,3,11H2,1-2H3,(H,21,22)(H,23,24). The van der Waals surface area contributed by atoms with Gasteiger partial charge in [0.2, 0.25) is 0 Å². The molecule has 2 rings (SSSR count). The zero-order valence-corrected chi connectivity index (χ0v) is 15.7. The number of benzene rings is 2. The summed E-state index contributed by atoms with van der Waals surface area (Å²) in [5, 5.41) is 12.1. The van der Waals surface area contributed by atoms with Crippen molar-refractivity contribution in [2.75, 3.05) is 20.3 Å². The Hall–Kier alpha value is -2.93. The highest BCUT2D eigenvalue weighted by atomic mass is 35.5. The molecule has 0 saturated carbocycles. The van der Waals surface area contributed by atoms with E-state index in [1.54, 1.807) is 24.3 Å². The fourth-order valence-corrected chi connectivity index (χ4v) is 2.57. The Bertz CT molecular complexity index is 793. The molecule has 0 fully saturated rings. The lowest BCUT2D eigenvalue weighted by Crippen LogP contribution is -2.36. The van der Waals surface area contributed by atoms with Crippen molar-refractivity contribution in [2.45, 2.75) is 13.0 Å². The zero-order valence-electron chi connectivity index (χ0n) is 14.9. The van der Waals surface area contributed by atoms with Crippen molar-refractivity contribution in [2.24, 2.45) is 0 Å². The molecule has 0 aliphatic carbocycles. The topological polar surface area (TPSA) is 94.1 Å². The van der Waals surface area contributed by atoms with Gasteiger partial charge in [0.1, 0.15) is 17.2 Å². The van der Waals surface area contributed by atoms with Crippen LogP contribution in [0, 0.1) is 0 Å². The lowest BCUT2D eigenvalue weighted by molar-refractivity contribution is -0.142. The van der Waals surface area contributed by atoms with Gasteiger partial charge < -0.3 is 24.6 Å². The Labute approximate surface area is 161 Å². The molecule has 0 spiro atoms. The predicted octanol–water partition coefficient (Wildman–Crippen LogP) is 3.07. The molecule has 0 heterocycles. The maximum atomic E-state index is 12.1. The SMILES string of the molecule is CCOc1ccc(OCC(=O)NC(C(=O)O)c2ccc(OC)c(Cl)c2)cc1. The minimum atomic E-state index is -1.26. The highest BCUT2D eigenvalue weighted by Gasteiger charge is 2.23. The van der Waals surface area contributed by atoms with Crippen LogP contribution in [-0.4, -0.2) is 37.3 Å². The number of carbonyl (C=O) groups excluding carboxylic acids is 1. The second-order valence-corrected chi connectivity index (χ2v) is 5.83. The summed E-state index contributed by atoms with van der Waals surface area (Å²) in [4.78, 5) is 23.6. The summed E-state index contributed by atoms with van der Waals surface area (Å²) in [7, 11) is 1.45. The van der Waals surface area contributed by atoms with Gasteiger partial charge in [-0.1, -0.05) is 17.7 Å². The highest BCUT2D eigenvalue weighted by molar-refractivity contribution is 6.32. The van der Waals surface area contributed by atoms with Gasteiger partial charge in [-0.2, -0.15) is 0 Å². The van der Waals surface area contributed by atoms with Gasteiger partial charge in [0.15, 0.2) is 12.6 Å². The van der Waals surface area contributed by atoms with E-state index >= 15 is 0 Å². The second-order valence-electron chi connectivity index (χ2n) is 5.43. The van der Waals surface area contributed by atoms with E-state index in [2.05, 4.69) is 5.32 Å². The number of aliphatic carboxylic acids is 1. The molecule has 1 unspecified atom stereocenters. The summed E-state index contributed by atoms with van der Waals surface area (Å²) in [5.41, 5.74) is 0.322. The number of hydrogen-bond acceptors (Lipinski definition) is 5. The largest absolute Gasteiger partial charge is 0.495 e. The normalized spacial score (nSPS) is 11.4. The Morgan fingerprint density at radius 1 is 1.11 bits per heavy atom. The molecule has 7 nitrogen and oxygen atoms in total. The van der Waals surface area contributed by atoms with Gasteiger partial charge in [0.05, 0.1) is 18.7 Å². The number of methoxy groups -OCH3 is 1. The summed E-state index contributed by atoms with van der Waals surface area (Å²) in [5.74, 6) is -0.229. The van der Waals surface area contributed by atoms with Crippen molar-refractivity contribution in [1.29, 1.82) is 0 Å². The van der Waals surface area contributed by atoms with Crippen LogP contribution in [-0.2, 0) is 9.59 Å². The number of amides is 1. The zero-order chi connectivity index (χ0) is 19.8. The Balaban J connectivity index is 1.98. The van der Waals surface area contributed by atoms with Crippen LogP contribution >= 0.6 is 11.6 Å². The molecule has 2 N–H and O–H groups in total. The van der Waals surface area contributed by atoms with Gasteiger partial charge in [-0.05, 0) is 48.9 Å². The molecular formula is C19H20ClNO6. The van der Waals surface area contributed by atoms with Crippen LogP contribution in [0.25, 0.3) is 0 Å². The number of hydrogen-bond donors (Lipinski definition) is 2. The first kappa shape index (κ1) is 20.4. The van der Waals surface area contributed by atoms with Gasteiger partial charge in [0.25, 0.3) is 5.91 Å². The number of carbonyl (C=O) groups is 2. The number of carboxylic acid groups (broad SMARTS) is 1. The second kappa shape index (κ2) is 9.68. The minimum absolute atomic E-state index is 0.251. The smallest absolute Gasteiger partial charge is 0.330 e. The molecule has 0 bridgehead atoms. The number of ether oxygens (including phenoxy) is 3. The Morgan fingerprint density at radius 2 is 1.74 bits per heavy atom. The average Bonchev–Trinajstić information content (AvgIpc) is 2.65. The van der Waals surface area contributed by atoms with Crippen molar-refractivity contribution < 1.29 is 28.9 Å². The molecule has 0 radical (unpaired) electrons. The highest BCUT2D eigenvalue weighted by Crippen LogP contribution is 2.27. The van der Waals surface area contributed by atoms with Gasteiger partial charge in [-0.15, -0.1) is 0 Å². The quantitative estimate of drug-likeness (QED) is 0.680. The molecular weight excluding hydrogens is 374 g/mol. The van der Waals surface area contributed by atoms with Gasteiger partial charge >= 0.3 is 5.97 Å². The van der Waals surface area contributed by atoms with Crippen molar-refractivity contribution in [1.82, 2.24) is 5.32 Å². The number of halogens is 1. The van der Waals surface area contributed by atoms with Crippen molar-refractivity contribution in [3.05, 3.63) is 53.1 Å². The van der Waals surface area contributed by atoms with Crippen LogP contribution in [0.2, 0.25) is 5.02 Å². The molecule has 8 heteroatoms. The van der Waals surface area contributed by atoms with Crippen molar-refractivity contribution in [3.8, 4) is 17.2 Å². The summed E-state index contributed by atoms with van der Waals surface area (Å²) in [6, 6.07) is 10.0. The fraction of sp³-hybridized carbons (Fsp3) is 0.263. The maximum absolute atomic E-state index is 12.1. The van der Waals surface area contributed by atoms with Crippen LogP contribution < -0.4 is 19.5 Å². The van der Waals surface area contributed by atoms with E-state index < -0.39 is 17.9 Å². The van der Waals surface area contributed by atoms with Crippen LogP contribution in [0.4, 0.5) is 0 Å². The van der Waals surface area contributed by atoms with E-state index in [0.717, 1.165) is 0 Å². The minimum Gasteiger partial charge on any atom is -0.495 e. The first-order valence-corrected chi connectivity index (χ1v) is 8.53. The predicted molar refractivity (Wildman–Crippen MR) is 99.6 cm³/mol. The fourth-order valence-electron chi connectivity index (χ4n) is 2.30. The van der Waals surface area contributed by atoms with Crippen molar-refractivity contribution >= 4 is 23.5 Å². The molecule has 0 saturated heterocycles. The first-order valence-electron chi connectivity index (χ1n) is 8.15. The van der Waals surface area contributed by atoms with Crippen molar-refractivity contribution in [3.63, 3.8) is 0 Å². The third kappa shape index (κ3) is 5.79. The van der Waals surface area contributed by atoms with E-state index in [4.69, 9.17) is 25.8 Å². The Kier molecular flexibility index (Phi) is 7.31. The maximum Gasteiger partial charge on any atom is 0.330 e. The van der Waals surface area contributed by atoms with Gasteiger partial charge in [-0.25, -0.2) is 4.79 Å². The third-order valence-corrected chi connectivity index (χ3v) is 3.86. The lowest BCUT2D eigenvalue weighted by atomic mass is 10.1. The van der Waals surface area contributed by atoms with E-state index in [9.17, 15) is 14.7 Å². The summed E-state index contributed by atoms with van der Waals surface area (Å²) < 4.78 is 15.7. The van der Waals surface area contributed by atoms with Crippen LogP contribution in [0.1, 0.15) is 18.5 Å². The first-order chi connectivity index (χ1) is 12.9. The van der Waals surface area contributed by atoms with Crippen LogP contribution in [0.5, 0.6) is 17.2 Å². The van der Waals surface area contributed by atoms with E-state index in [-0.39, 0.29) is 11.6 Å². The third-order valence-electron chi connectivity index (χ3n) is 3.57. The molecule has 2 aromatic rings. The molecule has 144 valence electrons. The Morgan fingerprint density at radius 3 is 2.26 bits per heavy atom. The summed E-state index contributed by atoms with van der Waals surface area (Å²) in [6.07, 6.45) is 0. The van der Waals surface area contributed by atoms with E-state index in [0.29, 0.717) is 29.4 Å². The van der Waals surface area contributed by atoms with Gasteiger partial charge in [0, 0.05) is 0 Å². The molecule has 0 aliphatic heterocycles. The van der Waals surface area contributed by atoms with E-state index in [1.807, 2.05) is 6.92 Å². The molecule has 0 aliphatic rings. The van der Waals surface area contributed by atoms with E-state index in [1.165, 1.54) is 25.3 Å². The van der Waals surface area contributed by atoms with Crippen LogP contribution in [0.15, 0.2) is 42.5 Å². The molecule has 2 aromatic carbocycles. The average molecular weight is 394 g/mol.